The van der Waals surface area contributed by atoms with Crippen LogP contribution in [0.4, 0.5) is 0 Å². The number of carbonyl (C=O) groups excluding carboxylic acids is 1. The molecule has 0 N–H and O–H groups in total. The van der Waals surface area contributed by atoms with Crippen LogP contribution < -0.4 is 0 Å². The first-order valence-electron chi connectivity index (χ1n) is 7.78. The summed E-state index contributed by atoms with van der Waals surface area (Å²) >= 11 is 0. The molecule has 0 spiro atoms. The molecule has 24 heavy (non-hydrogen) atoms. The Morgan fingerprint density at radius 1 is 1.29 bits per heavy atom. The van der Waals surface area contributed by atoms with Crippen molar-refractivity contribution in [2.45, 2.75) is 33.3 Å². The van der Waals surface area contributed by atoms with E-state index in [2.05, 4.69) is 10.3 Å². The highest BCUT2D eigenvalue weighted by molar-refractivity contribution is 5.91. The lowest BCUT2D eigenvalue weighted by Crippen LogP contribution is -2.08. The van der Waals surface area contributed by atoms with E-state index in [9.17, 15) is 4.79 Å². The van der Waals surface area contributed by atoms with E-state index in [0.29, 0.717) is 17.0 Å². The van der Waals surface area contributed by atoms with Crippen LogP contribution in [0.5, 0.6) is 0 Å². The van der Waals surface area contributed by atoms with Crippen molar-refractivity contribution in [3.05, 3.63) is 65.3 Å². The number of nitrogens with zero attached hydrogens (tertiary/aromatic N) is 3. The summed E-state index contributed by atoms with van der Waals surface area (Å²) in [5.41, 5.74) is 2.73. The monoisotopic (exact) mass is 325 g/mol. The van der Waals surface area contributed by atoms with Gasteiger partial charge in [-0.25, -0.2) is 9.48 Å². The molecule has 1 aromatic carbocycles. The first-order chi connectivity index (χ1) is 11.6. The van der Waals surface area contributed by atoms with E-state index < -0.39 is 5.97 Å². The van der Waals surface area contributed by atoms with E-state index in [-0.39, 0.29) is 12.5 Å². The van der Waals surface area contributed by atoms with Crippen LogP contribution in [0.25, 0.3) is 5.69 Å². The third kappa shape index (κ3) is 3.22. The predicted octanol–water partition coefficient (Wildman–Crippen LogP) is 3.65. The predicted molar refractivity (Wildman–Crippen MR) is 88.0 cm³/mol. The Morgan fingerprint density at radius 2 is 2.04 bits per heavy atom. The molecule has 6 heteroatoms. The lowest BCUT2D eigenvalue weighted by atomic mass is 10.1. The maximum atomic E-state index is 12.4. The van der Waals surface area contributed by atoms with Crippen LogP contribution in [0, 0.1) is 6.92 Å². The number of para-hydroxylation sites is 1. The highest BCUT2D eigenvalue weighted by Gasteiger charge is 2.23. The summed E-state index contributed by atoms with van der Waals surface area (Å²) in [6, 6.07) is 9.75. The fourth-order valence-electron chi connectivity index (χ4n) is 2.41. The maximum Gasteiger partial charge on any atom is 0.344 e. The van der Waals surface area contributed by atoms with Crippen molar-refractivity contribution < 1.29 is 14.1 Å². The molecule has 0 amide bonds. The zero-order valence-electron chi connectivity index (χ0n) is 13.9. The SMILES string of the molecule is Cc1noc(C(C)C)c1C(=O)OCc1cnn(-c2ccccc2)c1. The molecular weight excluding hydrogens is 306 g/mol. The van der Waals surface area contributed by atoms with Gasteiger partial charge in [0, 0.05) is 17.7 Å². The molecule has 0 atom stereocenters. The Hall–Kier alpha value is -2.89. The van der Waals surface area contributed by atoms with E-state index in [1.54, 1.807) is 17.8 Å². The van der Waals surface area contributed by atoms with Gasteiger partial charge in [0.1, 0.15) is 12.2 Å². The van der Waals surface area contributed by atoms with Crippen LogP contribution in [0.3, 0.4) is 0 Å². The largest absolute Gasteiger partial charge is 0.457 e. The molecule has 0 bridgehead atoms. The molecule has 0 aliphatic carbocycles. The van der Waals surface area contributed by atoms with Crippen molar-refractivity contribution in [2.24, 2.45) is 0 Å². The molecule has 2 aromatic heterocycles. The first kappa shape index (κ1) is 16.0. The van der Waals surface area contributed by atoms with Crippen LogP contribution in [0.1, 0.15) is 47.1 Å². The summed E-state index contributed by atoms with van der Waals surface area (Å²) in [6.07, 6.45) is 3.52. The number of rotatable bonds is 5. The summed E-state index contributed by atoms with van der Waals surface area (Å²) in [6.45, 7) is 5.77. The van der Waals surface area contributed by atoms with Gasteiger partial charge in [0.2, 0.25) is 0 Å². The molecule has 3 rings (SSSR count). The number of aromatic nitrogens is 3. The quantitative estimate of drug-likeness (QED) is 0.670. The minimum atomic E-state index is -0.426. The van der Waals surface area contributed by atoms with Gasteiger partial charge >= 0.3 is 5.97 Å². The lowest BCUT2D eigenvalue weighted by Gasteiger charge is -2.05. The minimum Gasteiger partial charge on any atom is -0.457 e. The summed E-state index contributed by atoms with van der Waals surface area (Å²) in [5.74, 6) is 0.192. The van der Waals surface area contributed by atoms with E-state index in [4.69, 9.17) is 9.26 Å². The first-order valence-corrected chi connectivity index (χ1v) is 7.78. The summed E-state index contributed by atoms with van der Waals surface area (Å²) in [5, 5.41) is 8.15. The second-order valence-corrected chi connectivity index (χ2v) is 5.87. The van der Waals surface area contributed by atoms with E-state index in [0.717, 1.165) is 11.3 Å². The number of benzene rings is 1. The lowest BCUT2D eigenvalue weighted by molar-refractivity contribution is 0.0468. The number of esters is 1. The number of ether oxygens (including phenoxy) is 1. The Bertz CT molecular complexity index is 834. The normalized spacial score (nSPS) is 11.0. The highest BCUT2D eigenvalue weighted by atomic mass is 16.5. The topological polar surface area (TPSA) is 70.2 Å². The van der Waals surface area contributed by atoms with Crippen molar-refractivity contribution in [1.82, 2.24) is 14.9 Å². The van der Waals surface area contributed by atoms with Crippen molar-refractivity contribution in [3.8, 4) is 5.69 Å². The van der Waals surface area contributed by atoms with Gasteiger partial charge in [-0.2, -0.15) is 5.10 Å². The highest BCUT2D eigenvalue weighted by Crippen LogP contribution is 2.23. The molecule has 0 saturated carbocycles. The summed E-state index contributed by atoms with van der Waals surface area (Å²) in [4.78, 5) is 12.4. The fourth-order valence-corrected chi connectivity index (χ4v) is 2.41. The number of aryl methyl sites for hydroxylation is 1. The molecule has 0 unspecified atom stereocenters. The Labute approximate surface area is 140 Å². The zero-order valence-corrected chi connectivity index (χ0v) is 13.9. The number of carbonyl (C=O) groups is 1. The second kappa shape index (κ2) is 6.70. The third-order valence-corrected chi connectivity index (χ3v) is 3.64. The van der Waals surface area contributed by atoms with Crippen molar-refractivity contribution >= 4 is 5.97 Å². The molecule has 0 saturated heterocycles. The van der Waals surface area contributed by atoms with Crippen LogP contribution >= 0.6 is 0 Å². The average Bonchev–Trinajstić information content (AvgIpc) is 3.20. The van der Waals surface area contributed by atoms with Gasteiger partial charge in [-0.1, -0.05) is 37.2 Å². The number of hydrogen-bond donors (Lipinski definition) is 0. The minimum absolute atomic E-state index is 0.0644. The molecule has 2 heterocycles. The van der Waals surface area contributed by atoms with Crippen LogP contribution in [-0.2, 0) is 11.3 Å². The van der Waals surface area contributed by atoms with E-state index in [1.165, 1.54) is 0 Å². The van der Waals surface area contributed by atoms with Gasteiger partial charge in [-0.15, -0.1) is 0 Å². The van der Waals surface area contributed by atoms with Gasteiger partial charge in [0.25, 0.3) is 0 Å². The molecule has 0 aliphatic heterocycles. The van der Waals surface area contributed by atoms with Crippen LogP contribution in [-0.4, -0.2) is 20.9 Å². The Balaban J connectivity index is 1.70. The van der Waals surface area contributed by atoms with Gasteiger partial charge in [0.15, 0.2) is 5.76 Å². The summed E-state index contributed by atoms with van der Waals surface area (Å²) in [7, 11) is 0. The Morgan fingerprint density at radius 3 is 2.75 bits per heavy atom. The molecule has 0 fully saturated rings. The fraction of sp³-hybridized carbons (Fsp3) is 0.278. The third-order valence-electron chi connectivity index (χ3n) is 3.64. The van der Waals surface area contributed by atoms with Crippen LogP contribution in [0.2, 0.25) is 0 Å². The van der Waals surface area contributed by atoms with E-state index in [1.807, 2.05) is 50.4 Å². The molecule has 6 nitrogen and oxygen atoms in total. The van der Waals surface area contributed by atoms with Gasteiger partial charge in [-0.3, -0.25) is 0 Å². The standard InChI is InChI=1S/C18H19N3O3/c1-12(2)17-16(13(3)20-24-17)18(22)23-11-14-9-19-21(10-14)15-7-5-4-6-8-15/h4-10,12H,11H2,1-3H3. The average molecular weight is 325 g/mol. The molecule has 0 aliphatic rings. The molecule has 3 aromatic rings. The molecule has 0 radical (unpaired) electrons. The van der Waals surface area contributed by atoms with Gasteiger partial charge < -0.3 is 9.26 Å². The van der Waals surface area contributed by atoms with E-state index >= 15 is 0 Å². The van der Waals surface area contributed by atoms with Crippen molar-refractivity contribution in [2.75, 3.05) is 0 Å². The molecular formula is C18H19N3O3. The maximum absolute atomic E-state index is 12.4. The zero-order chi connectivity index (χ0) is 17.1. The summed E-state index contributed by atoms with van der Waals surface area (Å²) < 4.78 is 12.4. The van der Waals surface area contributed by atoms with Gasteiger partial charge in [-0.05, 0) is 19.1 Å². The van der Waals surface area contributed by atoms with Crippen LogP contribution in [0.15, 0.2) is 47.2 Å². The van der Waals surface area contributed by atoms with Crippen molar-refractivity contribution in [1.29, 1.82) is 0 Å². The second-order valence-electron chi connectivity index (χ2n) is 5.87. The Kier molecular flexibility index (Phi) is 4.46. The van der Waals surface area contributed by atoms with Crippen molar-refractivity contribution in [3.63, 3.8) is 0 Å². The number of hydrogen-bond acceptors (Lipinski definition) is 5. The molecule has 124 valence electrons. The van der Waals surface area contributed by atoms with Gasteiger partial charge in [0.05, 0.1) is 17.6 Å². The smallest absolute Gasteiger partial charge is 0.344 e.